The summed E-state index contributed by atoms with van der Waals surface area (Å²) in [6.07, 6.45) is 2.59. The van der Waals surface area contributed by atoms with E-state index in [2.05, 4.69) is 15.9 Å². The molecule has 0 spiro atoms. The van der Waals surface area contributed by atoms with Crippen molar-refractivity contribution in [1.29, 1.82) is 0 Å². The summed E-state index contributed by atoms with van der Waals surface area (Å²) in [7, 11) is 3.13. The Labute approximate surface area is 96.4 Å². The average molecular weight is 265 g/mol. The number of aromatic nitrogens is 1. The monoisotopic (exact) mass is 264 g/mol. The third-order valence-electron chi connectivity index (χ3n) is 2.17. The summed E-state index contributed by atoms with van der Waals surface area (Å²) >= 11 is 3.39. The minimum atomic E-state index is 0.658. The molecule has 1 radical (unpaired) electrons. The fourth-order valence-electron chi connectivity index (χ4n) is 1.55. The number of carbonyl (C=O) groups is 1. The average Bonchev–Trinajstić information content (AvgIpc) is 2.57. The molecule has 0 aliphatic carbocycles. The van der Waals surface area contributed by atoms with Crippen LogP contribution in [0.25, 0.3) is 10.9 Å². The van der Waals surface area contributed by atoms with E-state index in [9.17, 15) is 4.79 Å². The molecule has 5 heteroatoms. The zero-order valence-electron chi connectivity index (χ0n) is 8.11. The maximum atomic E-state index is 10.8. The number of carbonyl (C=O) groups excluding carboxylic acids is 1. The van der Waals surface area contributed by atoms with Crippen LogP contribution < -0.4 is 0 Å². The highest BCUT2D eigenvalue weighted by molar-refractivity contribution is 9.10. The number of hydrogen-bond donors (Lipinski definition) is 0. The summed E-state index contributed by atoms with van der Waals surface area (Å²) in [5, 5.41) is 0.918. The van der Waals surface area contributed by atoms with Crippen molar-refractivity contribution in [3.8, 4) is 0 Å². The molecule has 0 unspecified atom stereocenters. The number of benzene rings is 1. The van der Waals surface area contributed by atoms with Crippen LogP contribution in [0.3, 0.4) is 0 Å². The molecular formula is C10H8BBrNO2. The van der Waals surface area contributed by atoms with Gasteiger partial charge in [-0.15, -0.1) is 0 Å². The van der Waals surface area contributed by atoms with Crippen molar-refractivity contribution in [2.75, 3.05) is 7.11 Å². The number of fused-ring (bicyclic) bond motifs is 1. The van der Waals surface area contributed by atoms with Crippen molar-refractivity contribution < 1.29 is 9.45 Å². The van der Waals surface area contributed by atoms with Gasteiger partial charge < -0.3 is 9.13 Å². The minimum absolute atomic E-state index is 0.658. The molecule has 1 heterocycles. The summed E-state index contributed by atoms with van der Waals surface area (Å²) in [5.74, 6) is 0. The van der Waals surface area contributed by atoms with Gasteiger partial charge in [0.1, 0.15) is 0 Å². The quantitative estimate of drug-likeness (QED) is 0.629. The van der Waals surface area contributed by atoms with Gasteiger partial charge in [0.05, 0.1) is 0 Å². The Bertz CT molecular complexity index is 509. The largest absolute Gasteiger partial charge is 0.443 e. The summed E-state index contributed by atoms with van der Waals surface area (Å²) in [6, 6.07) is 5.76. The highest BCUT2D eigenvalue weighted by atomic mass is 79.9. The van der Waals surface area contributed by atoms with Crippen molar-refractivity contribution in [1.82, 2.24) is 4.48 Å². The van der Waals surface area contributed by atoms with Crippen molar-refractivity contribution in [2.45, 2.75) is 0 Å². The Kier molecular flexibility index (Phi) is 2.93. The van der Waals surface area contributed by atoms with E-state index in [1.54, 1.807) is 25.4 Å². The van der Waals surface area contributed by atoms with E-state index in [1.807, 2.05) is 18.2 Å². The number of aldehydes is 1. The molecule has 15 heavy (non-hydrogen) atoms. The van der Waals surface area contributed by atoms with Gasteiger partial charge in [0.2, 0.25) is 0 Å². The second kappa shape index (κ2) is 4.20. The molecule has 0 N–H and O–H groups in total. The highest BCUT2D eigenvalue weighted by Gasteiger charge is 2.08. The van der Waals surface area contributed by atoms with E-state index in [4.69, 9.17) is 4.65 Å². The lowest BCUT2D eigenvalue weighted by Gasteiger charge is -2.00. The smallest absolute Gasteiger partial charge is 0.422 e. The zero-order chi connectivity index (χ0) is 10.8. The van der Waals surface area contributed by atoms with Crippen LogP contribution in [0.5, 0.6) is 0 Å². The fraction of sp³-hybridized carbons (Fsp3) is 0.100. The molecule has 0 aliphatic heterocycles. The van der Waals surface area contributed by atoms with Crippen LogP contribution in [0.15, 0.2) is 28.9 Å². The topological polar surface area (TPSA) is 31.2 Å². The third-order valence-corrected chi connectivity index (χ3v) is 2.67. The second-order valence-electron chi connectivity index (χ2n) is 3.11. The summed E-state index contributed by atoms with van der Waals surface area (Å²) in [6.45, 7) is 0. The first kappa shape index (κ1) is 10.5. The van der Waals surface area contributed by atoms with Gasteiger partial charge in [-0.2, -0.15) is 0 Å². The molecule has 0 saturated heterocycles. The van der Waals surface area contributed by atoms with E-state index in [0.29, 0.717) is 5.56 Å². The minimum Gasteiger partial charge on any atom is -0.422 e. The number of nitrogens with zero attached hydrogens (tertiary/aromatic N) is 1. The van der Waals surface area contributed by atoms with E-state index in [-0.39, 0.29) is 0 Å². The predicted octanol–water partition coefficient (Wildman–Crippen LogP) is 2.25. The van der Waals surface area contributed by atoms with Gasteiger partial charge >= 0.3 is 7.62 Å². The van der Waals surface area contributed by atoms with Crippen molar-refractivity contribution in [3.05, 3.63) is 34.4 Å². The van der Waals surface area contributed by atoms with Gasteiger partial charge in [-0.1, -0.05) is 22.0 Å². The predicted molar refractivity (Wildman–Crippen MR) is 63.2 cm³/mol. The summed E-state index contributed by atoms with van der Waals surface area (Å²) in [5.41, 5.74) is 1.60. The van der Waals surface area contributed by atoms with Crippen LogP contribution in [-0.4, -0.2) is 25.5 Å². The van der Waals surface area contributed by atoms with Crippen LogP contribution in [0.2, 0.25) is 0 Å². The van der Waals surface area contributed by atoms with Crippen LogP contribution in [0, 0.1) is 0 Å². The lowest BCUT2D eigenvalue weighted by molar-refractivity contribution is 0.112. The van der Waals surface area contributed by atoms with Crippen LogP contribution >= 0.6 is 15.9 Å². The molecular weight excluding hydrogens is 257 g/mol. The van der Waals surface area contributed by atoms with E-state index in [1.165, 1.54) is 0 Å². The molecule has 0 atom stereocenters. The van der Waals surface area contributed by atoms with Gasteiger partial charge in [0, 0.05) is 34.2 Å². The van der Waals surface area contributed by atoms with E-state index < -0.39 is 0 Å². The molecule has 0 aliphatic rings. The van der Waals surface area contributed by atoms with Gasteiger partial charge in [-0.3, -0.25) is 4.79 Å². The van der Waals surface area contributed by atoms with Gasteiger partial charge in [0.25, 0.3) is 0 Å². The molecule has 0 saturated carbocycles. The molecule has 1 aromatic carbocycles. The standard InChI is InChI=1S/C10H8BBrNO2/c1-15-11-13-5-7(6-14)9-3-2-8(12)4-10(9)13/h2-6H,1H3. The Hall–Kier alpha value is -1.07. The summed E-state index contributed by atoms with van der Waals surface area (Å²) in [4.78, 5) is 10.8. The summed E-state index contributed by atoms with van der Waals surface area (Å²) < 4.78 is 7.69. The van der Waals surface area contributed by atoms with Crippen molar-refractivity contribution >= 4 is 40.7 Å². The van der Waals surface area contributed by atoms with Gasteiger partial charge in [-0.25, -0.2) is 0 Å². The SMILES string of the molecule is CO[B]n1cc(C=O)c2ccc(Br)cc21. The maximum absolute atomic E-state index is 10.8. The lowest BCUT2D eigenvalue weighted by Crippen LogP contribution is -2.06. The normalized spacial score (nSPS) is 10.5. The zero-order valence-corrected chi connectivity index (χ0v) is 9.69. The fourth-order valence-corrected chi connectivity index (χ4v) is 1.90. The lowest BCUT2D eigenvalue weighted by atomic mass is 10.2. The Balaban J connectivity index is 2.69. The highest BCUT2D eigenvalue weighted by Crippen LogP contribution is 2.23. The van der Waals surface area contributed by atoms with E-state index >= 15 is 0 Å². The van der Waals surface area contributed by atoms with Gasteiger partial charge in [-0.05, 0) is 12.1 Å². The molecule has 0 amide bonds. The molecule has 0 bridgehead atoms. The Morgan fingerprint density at radius 3 is 3.00 bits per heavy atom. The molecule has 75 valence electrons. The second-order valence-corrected chi connectivity index (χ2v) is 4.03. The number of halogens is 1. The Morgan fingerprint density at radius 1 is 1.53 bits per heavy atom. The van der Waals surface area contributed by atoms with Crippen LogP contribution in [-0.2, 0) is 4.65 Å². The Morgan fingerprint density at radius 2 is 2.33 bits per heavy atom. The van der Waals surface area contributed by atoms with Crippen LogP contribution in [0.4, 0.5) is 0 Å². The van der Waals surface area contributed by atoms with E-state index in [0.717, 1.165) is 21.7 Å². The molecule has 1 aromatic heterocycles. The number of hydrogen-bond acceptors (Lipinski definition) is 2. The van der Waals surface area contributed by atoms with Crippen LogP contribution in [0.1, 0.15) is 10.4 Å². The third kappa shape index (κ3) is 1.85. The maximum Gasteiger partial charge on any atom is 0.443 e. The van der Waals surface area contributed by atoms with Crippen molar-refractivity contribution in [2.24, 2.45) is 0 Å². The van der Waals surface area contributed by atoms with Gasteiger partial charge in [0.15, 0.2) is 6.29 Å². The molecule has 3 nitrogen and oxygen atoms in total. The van der Waals surface area contributed by atoms with Crippen molar-refractivity contribution in [3.63, 3.8) is 0 Å². The first-order valence-electron chi connectivity index (χ1n) is 4.37. The molecule has 2 rings (SSSR count). The first-order chi connectivity index (χ1) is 7.26. The first-order valence-corrected chi connectivity index (χ1v) is 5.17. The number of rotatable bonds is 3. The molecule has 2 aromatic rings. The molecule has 0 fully saturated rings.